The van der Waals surface area contributed by atoms with Crippen LogP contribution in [0.3, 0.4) is 0 Å². The first-order chi connectivity index (χ1) is 15.1. The van der Waals surface area contributed by atoms with E-state index >= 15 is 0 Å². The molecule has 0 bridgehead atoms. The summed E-state index contributed by atoms with van der Waals surface area (Å²) in [4.78, 5) is 13.7. The Morgan fingerprint density at radius 1 is 0.968 bits per heavy atom. The van der Waals surface area contributed by atoms with E-state index < -0.39 is 5.97 Å². The van der Waals surface area contributed by atoms with Gasteiger partial charge in [0.05, 0.1) is 5.56 Å². The smallest absolute Gasteiger partial charge is 0.335 e. The summed E-state index contributed by atoms with van der Waals surface area (Å²) in [5, 5.41) is 14.0. The predicted octanol–water partition coefficient (Wildman–Crippen LogP) is 4.58. The van der Waals surface area contributed by atoms with Crippen LogP contribution in [0.1, 0.15) is 39.4 Å². The van der Waals surface area contributed by atoms with Gasteiger partial charge in [-0.05, 0) is 29.2 Å². The number of amidine groups is 1. The second kappa shape index (κ2) is 9.71. The molecule has 1 atom stereocenters. The van der Waals surface area contributed by atoms with Gasteiger partial charge in [0.15, 0.2) is 5.50 Å². The molecule has 0 saturated heterocycles. The summed E-state index contributed by atoms with van der Waals surface area (Å²) < 4.78 is 0. The molecule has 0 fully saturated rings. The Kier molecular flexibility index (Phi) is 6.57. The molecule has 0 aromatic heterocycles. The third kappa shape index (κ3) is 4.91. The predicted molar refractivity (Wildman–Crippen MR) is 127 cm³/mol. The van der Waals surface area contributed by atoms with Crippen LogP contribution in [0.2, 0.25) is 0 Å². The molecule has 1 aliphatic rings. The van der Waals surface area contributed by atoms with Gasteiger partial charge in [0, 0.05) is 18.9 Å². The molecule has 31 heavy (non-hydrogen) atoms. The van der Waals surface area contributed by atoms with E-state index in [2.05, 4.69) is 76.6 Å². The third-order valence-electron chi connectivity index (χ3n) is 5.60. The van der Waals surface area contributed by atoms with Gasteiger partial charge in [-0.2, -0.15) is 5.10 Å². The lowest BCUT2D eigenvalue weighted by Gasteiger charge is -2.27. The Bertz CT molecular complexity index is 1020. The van der Waals surface area contributed by atoms with Crippen LogP contribution in [0.5, 0.6) is 0 Å². The van der Waals surface area contributed by atoms with Crippen molar-refractivity contribution in [3.8, 4) is 0 Å². The number of rotatable bonds is 8. The van der Waals surface area contributed by atoms with Crippen molar-refractivity contribution in [3.05, 3.63) is 107 Å². The number of carbonyl (C=O) groups is 1. The largest absolute Gasteiger partial charge is 0.478 e. The van der Waals surface area contributed by atoms with Crippen molar-refractivity contribution in [1.29, 1.82) is 0 Å². The zero-order valence-electron chi connectivity index (χ0n) is 17.1. The van der Waals surface area contributed by atoms with Crippen LogP contribution in [0.15, 0.2) is 90.0 Å². The minimum atomic E-state index is -0.903. The first kappa shape index (κ1) is 21.0. The van der Waals surface area contributed by atoms with Gasteiger partial charge in [-0.1, -0.05) is 78.9 Å². The second-order valence-electron chi connectivity index (χ2n) is 7.51. The number of carboxylic acid groups (broad SMARTS) is 1. The Hall–Kier alpha value is -3.25. The van der Waals surface area contributed by atoms with Crippen molar-refractivity contribution in [3.63, 3.8) is 0 Å². The van der Waals surface area contributed by atoms with Crippen molar-refractivity contribution in [2.24, 2.45) is 5.10 Å². The van der Waals surface area contributed by atoms with Gasteiger partial charge >= 0.3 is 5.97 Å². The molecule has 3 aromatic rings. The molecule has 0 amide bonds. The molecule has 158 valence electrons. The van der Waals surface area contributed by atoms with Crippen LogP contribution in [0.25, 0.3) is 0 Å². The van der Waals surface area contributed by atoms with E-state index in [1.54, 1.807) is 12.1 Å². The molecule has 0 saturated carbocycles. The summed E-state index contributed by atoms with van der Waals surface area (Å²) in [5.74, 6) is 0.181. The highest BCUT2D eigenvalue weighted by atomic mass is 32.1. The summed E-state index contributed by atoms with van der Waals surface area (Å²) in [7, 11) is 0. The lowest BCUT2D eigenvalue weighted by atomic mass is 9.88. The molecule has 2 N–H and O–H groups in total. The molecule has 1 heterocycles. The average Bonchev–Trinajstić information content (AvgIpc) is 3.16. The highest BCUT2D eigenvalue weighted by molar-refractivity contribution is 7.80. The normalized spacial score (nSPS) is 15.6. The van der Waals surface area contributed by atoms with E-state index in [0.29, 0.717) is 18.5 Å². The van der Waals surface area contributed by atoms with Gasteiger partial charge in [-0.25, -0.2) is 4.79 Å². The number of benzene rings is 3. The van der Waals surface area contributed by atoms with Crippen molar-refractivity contribution >= 4 is 24.4 Å². The van der Waals surface area contributed by atoms with Gasteiger partial charge in [0.25, 0.3) is 0 Å². The van der Waals surface area contributed by atoms with Crippen molar-refractivity contribution in [2.75, 3.05) is 6.54 Å². The van der Waals surface area contributed by atoms with Crippen LogP contribution in [-0.2, 0) is 6.42 Å². The van der Waals surface area contributed by atoms with E-state index in [4.69, 9.17) is 0 Å². The molecule has 1 aliphatic heterocycles. The monoisotopic (exact) mass is 431 g/mol. The van der Waals surface area contributed by atoms with Gasteiger partial charge in [-0.3, -0.25) is 5.43 Å². The van der Waals surface area contributed by atoms with E-state index in [1.165, 1.54) is 11.1 Å². The fourth-order valence-corrected chi connectivity index (χ4v) is 4.30. The van der Waals surface area contributed by atoms with Crippen molar-refractivity contribution in [1.82, 2.24) is 10.3 Å². The zero-order chi connectivity index (χ0) is 21.6. The van der Waals surface area contributed by atoms with Gasteiger partial charge in [-0.15, -0.1) is 12.6 Å². The number of carboxylic acids is 1. The van der Waals surface area contributed by atoms with Crippen LogP contribution >= 0.6 is 12.6 Å². The van der Waals surface area contributed by atoms with E-state index in [-0.39, 0.29) is 11.4 Å². The number of thiol groups is 1. The Morgan fingerprint density at radius 3 is 2.16 bits per heavy atom. The van der Waals surface area contributed by atoms with Gasteiger partial charge in [0.2, 0.25) is 0 Å². The lowest BCUT2D eigenvalue weighted by molar-refractivity contribution is 0.0695. The molecular weight excluding hydrogens is 406 g/mol. The highest BCUT2D eigenvalue weighted by Gasteiger charge is 2.28. The van der Waals surface area contributed by atoms with Crippen LogP contribution < -0.4 is 5.43 Å². The minimum absolute atomic E-state index is 0.162. The van der Waals surface area contributed by atoms with Crippen molar-refractivity contribution in [2.45, 2.75) is 24.3 Å². The number of hydrogen-bond donors (Lipinski definition) is 3. The summed E-state index contributed by atoms with van der Waals surface area (Å²) in [6.07, 6.45) is 1.32. The van der Waals surface area contributed by atoms with Gasteiger partial charge < -0.3 is 10.0 Å². The molecule has 1 unspecified atom stereocenters. The highest BCUT2D eigenvalue weighted by Crippen LogP contribution is 2.30. The Morgan fingerprint density at radius 2 is 1.55 bits per heavy atom. The molecule has 6 heteroatoms. The van der Waals surface area contributed by atoms with E-state index in [1.807, 2.05) is 24.3 Å². The molecule has 5 nitrogen and oxygen atoms in total. The van der Waals surface area contributed by atoms with Crippen LogP contribution in [0.4, 0.5) is 0 Å². The average molecular weight is 432 g/mol. The first-order valence-corrected chi connectivity index (χ1v) is 10.8. The fraction of sp³-hybridized carbons (Fsp3) is 0.200. The third-order valence-corrected chi connectivity index (χ3v) is 5.99. The Labute approximate surface area is 187 Å². The minimum Gasteiger partial charge on any atom is -0.478 e. The maximum atomic E-state index is 11.5. The topological polar surface area (TPSA) is 64.9 Å². The quantitative estimate of drug-likeness (QED) is 0.457. The number of hydrazone groups is 1. The van der Waals surface area contributed by atoms with Crippen LogP contribution in [0, 0.1) is 0 Å². The second-order valence-corrected chi connectivity index (χ2v) is 8.00. The number of nitrogens with zero attached hydrogens (tertiary/aromatic N) is 2. The summed E-state index contributed by atoms with van der Waals surface area (Å²) in [5.41, 5.74) is 6.44. The maximum Gasteiger partial charge on any atom is 0.335 e. The van der Waals surface area contributed by atoms with Crippen molar-refractivity contribution < 1.29 is 9.90 Å². The standard InChI is InChI=1S/C25H25N3O2S/c29-24(30)21-14-8-7-13-20(21)15-16-28-23(26-27-25(28)31)17-22(18-9-3-1-4-10-18)19-11-5-2-6-12-19/h1-14,22,25,27,31H,15-17H2,(H,29,30). The molecule has 0 aliphatic carbocycles. The number of nitrogens with one attached hydrogen (secondary N) is 1. The zero-order valence-corrected chi connectivity index (χ0v) is 18.0. The molecular formula is C25H25N3O2S. The summed E-state index contributed by atoms with van der Waals surface area (Å²) >= 11 is 4.64. The first-order valence-electron chi connectivity index (χ1n) is 10.3. The summed E-state index contributed by atoms with van der Waals surface area (Å²) in [6.45, 7) is 0.626. The molecule has 0 radical (unpaired) electrons. The number of aromatic carboxylic acids is 1. The molecule has 4 rings (SSSR count). The van der Waals surface area contributed by atoms with E-state index in [0.717, 1.165) is 17.8 Å². The summed E-state index contributed by atoms with van der Waals surface area (Å²) in [6, 6.07) is 28.0. The number of hydrogen-bond acceptors (Lipinski definition) is 5. The Balaban J connectivity index is 1.54. The SMILES string of the molecule is O=C(O)c1ccccc1CCN1C(CC(c2ccccc2)c2ccccc2)=NNC1S. The maximum absolute atomic E-state index is 11.5. The lowest BCUT2D eigenvalue weighted by Crippen LogP contribution is -2.38. The van der Waals surface area contributed by atoms with Crippen LogP contribution in [-0.4, -0.2) is 33.9 Å². The molecule has 0 spiro atoms. The molecule has 3 aromatic carbocycles. The van der Waals surface area contributed by atoms with Gasteiger partial charge in [0.1, 0.15) is 5.84 Å². The van der Waals surface area contributed by atoms with E-state index in [9.17, 15) is 9.90 Å². The fourth-order valence-electron chi connectivity index (χ4n) is 3.99.